The van der Waals surface area contributed by atoms with Crippen molar-refractivity contribution >= 4 is 35.0 Å². The topological polar surface area (TPSA) is 90.4 Å². The molecule has 1 aromatic carbocycles. The van der Waals surface area contributed by atoms with Gasteiger partial charge < -0.3 is 24.5 Å². The van der Waals surface area contributed by atoms with Gasteiger partial charge in [0.25, 0.3) is 5.91 Å². The van der Waals surface area contributed by atoms with Crippen LogP contribution in [0.15, 0.2) is 43.5 Å². The monoisotopic (exact) mass is 543 g/mol. The molecule has 0 radical (unpaired) electrons. The maximum Gasteiger partial charge on any atom is 0.253 e. The molecule has 6 atom stereocenters. The van der Waals surface area contributed by atoms with Crippen LogP contribution in [0, 0.1) is 18.8 Å². The summed E-state index contributed by atoms with van der Waals surface area (Å²) in [6.45, 7) is 13.3. The Bertz CT molecular complexity index is 1140. The highest BCUT2D eigenvalue weighted by atomic mass is 35.5. The van der Waals surface area contributed by atoms with E-state index in [1.165, 1.54) is 4.90 Å². The number of likely N-dealkylation sites (tertiary alicyclic amines) is 1. The van der Waals surface area contributed by atoms with Crippen LogP contribution in [0.4, 0.5) is 5.69 Å². The molecule has 206 valence electrons. The molecule has 1 N–H and O–H groups in total. The van der Waals surface area contributed by atoms with Crippen molar-refractivity contribution < 1.29 is 24.2 Å². The Morgan fingerprint density at radius 1 is 1.26 bits per heavy atom. The predicted molar refractivity (Wildman–Crippen MR) is 147 cm³/mol. The number of ether oxygens (including phenoxy) is 1. The fourth-order valence-electron chi connectivity index (χ4n) is 6.93. The second-order valence-electron chi connectivity index (χ2n) is 10.8. The molecular formula is C29H38ClN3O5. The van der Waals surface area contributed by atoms with Gasteiger partial charge in [-0.25, -0.2) is 0 Å². The summed E-state index contributed by atoms with van der Waals surface area (Å²) in [5.41, 5.74) is -0.700. The lowest BCUT2D eigenvalue weighted by atomic mass is 9.64. The number of hydrogen-bond donors (Lipinski definition) is 1. The number of fused-ring (bicyclic) bond motifs is 1. The Kier molecular flexibility index (Phi) is 7.81. The average molecular weight is 544 g/mol. The molecular weight excluding hydrogens is 506 g/mol. The maximum absolute atomic E-state index is 14.6. The van der Waals surface area contributed by atoms with Crippen LogP contribution in [0.3, 0.4) is 0 Å². The molecule has 4 rings (SSSR count). The largest absolute Gasteiger partial charge is 0.394 e. The van der Waals surface area contributed by atoms with Crippen LogP contribution >= 0.6 is 11.6 Å². The quantitative estimate of drug-likeness (QED) is 0.457. The van der Waals surface area contributed by atoms with Crippen molar-refractivity contribution in [1.82, 2.24) is 9.80 Å². The number of likely N-dealkylation sites (N-methyl/N-ethyl adjacent to an activating group) is 1. The first-order chi connectivity index (χ1) is 18.0. The molecule has 3 heterocycles. The van der Waals surface area contributed by atoms with Crippen LogP contribution in [0.25, 0.3) is 0 Å². The molecule has 3 amide bonds. The number of rotatable bonds is 10. The molecule has 3 aliphatic heterocycles. The summed E-state index contributed by atoms with van der Waals surface area (Å²) in [5.74, 6) is -2.46. The van der Waals surface area contributed by atoms with Crippen LogP contribution in [0.5, 0.6) is 0 Å². The van der Waals surface area contributed by atoms with E-state index in [-0.39, 0.29) is 30.9 Å². The van der Waals surface area contributed by atoms with Crippen LogP contribution in [0.2, 0.25) is 5.02 Å². The molecule has 9 heteroatoms. The molecule has 1 spiro atoms. The normalized spacial score (nSPS) is 30.2. The van der Waals surface area contributed by atoms with E-state index in [0.717, 1.165) is 5.56 Å². The number of benzene rings is 1. The molecule has 1 aromatic rings. The molecule has 0 saturated carbocycles. The summed E-state index contributed by atoms with van der Waals surface area (Å²) in [6.07, 6.45) is 4.81. The third-order valence-electron chi connectivity index (χ3n) is 8.67. The van der Waals surface area contributed by atoms with E-state index in [2.05, 4.69) is 13.2 Å². The first-order valence-electron chi connectivity index (χ1n) is 13.2. The molecule has 3 saturated heterocycles. The molecule has 3 aliphatic rings. The maximum atomic E-state index is 14.6. The van der Waals surface area contributed by atoms with Gasteiger partial charge in [0, 0.05) is 20.1 Å². The Hall–Kier alpha value is -2.68. The zero-order chi connectivity index (χ0) is 28.0. The molecule has 0 aromatic heterocycles. The number of hydrogen-bond acceptors (Lipinski definition) is 5. The highest BCUT2D eigenvalue weighted by Crippen LogP contribution is 2.65. The lowest BCUT2D eigenvalue weighted by Crippen LogP contribution is -2.58. The smallest absolute Gasteiger partial charge is 0.253 e. The first-order valence-corrected chi connectivity index (χ1v) is 13.6. The Balaban J connectivity index is 1.88. The molecule has 38 heavy (non-hydrogen) atoms. The number of carbonyl (C=O) groups excluding carboxylic acids is 3. The van der Waals surface area contributed by atoms with Gasteiger partial charge in [0.1, 0.15) is 11.6 Å². The van der Waals surface area contributed by atoms with E-state index in [1.54, 1.807) is 42.0 Å². The van der Waals surface area contributed by atoms with E-state index in [4.69, 9.17) is 16.3 Å². The standard InChI is InChI=1S/C29H38ClN3O5/c1-7-15-31(6)25(35)21-22-26(36)33(19(5)17-34)24(29(22)14-13-28(21,9-3)38-29)27(37)32(16-8-2)23-18(4)11-10-12-20(23)30/h7-8,10-12,19,21-22,24,34H,1-2,9,13-17H2,3-6H3/t19-,21+,22+,24?,28-,29?/m1/s1. The Morgan fingerprint density at radius 2 is 1.95 bits per heavy atom. The minimum Gasteiger partial charge on any atom is -0.394 e. The number of aliphatic hydroxyl groups excluding tert-OH is 1. The lowest BCUT2D eigenvalue weighted by molar-refractivity contribution is -0.152. The molecule has 2 unspecified atom stereocenters. The van der Waals surface area contributed by atoms with Gasteiger partial charge in [-0.15, -0.1) is 13.2 Å². The van der Waals surface area contributed by atoms with Gasteiger partial charge in [0.05, 0.1) is 40.8 Å². The van der Waals surface area contributed by atoms with Crippen LogP contribution < -0.4 is 4.90 Å². The number of anilines is 1. The van der Waals surface area contributed by atoms with Crippen molar-refractivity contribution in [3.8, 4) is 0 Å². The average Bonchev–Trinajstić information content (AvgIpc) is 3.50. The van der Waals surface area contributed by atoms with E-state index >= 15 is 0 Å². The summed E-state index contributed by atoms with van der Waals surface area (Å²) < 4.78 is 6.81. The highest BCUT2D eigenvalue weighted by Gasteiger charge is 2.79. The van der Waals surface area contributed by atoms with Crippen LogP contribution in [-0.2, 0) is 19.1 Å². The van der Waals surface area contributed by atoms with E-state index in [1.807, 2.05) is 26.0 Å². The second kappa shape index (κ2) is 10.5. The number of amides is 3. The van der Waals surface area contributed by atoms with Gasteiger partial charge in [-0.3, -0.25) is 14.4 Å². The summed E-state index contributed by atoms with van der Waals surface area (Å²) in [4.78, 5) is 47.2. The number of halogens is 1. The van der Waals surface area contributed by atoms with Gasteiger partial charge in [-0.05, 0) is 44.7 Å². The third-order valence-corrected chi connectivity index (χ3v) is 8.98. The minimum atomic E-state index is -1.20. The number of carbonyl (C=O) groups is 3. The molecule has 3 fully saturated rings. The fraction of sp³-hybridized carbons (Fsp3) is 0.552. The summed E-state index contributed by atoms with van der Waals surface area (Å²) in [6, 6.07) is 3.71. The molecule has 8 nitrogen and oxygen atoms in total. The van der Waals surface area contributed by atoms with Crippen molar-refractivity contribution in [3.05, 3.63) is 54.1 Å². The van der Waals surface area contributed by atoms with E-state index < -0.39 is 35.1 Å². The Morgan fingerprint density at radius 3 is 2.53 bits per heavy atom. The molecule has 2 bridgehead atoms. The summed E-state index contributed by atoms with van der Waals surface area (Å²) in [7, 11) is 1.69. The van der Waals surface area contributed by atoms with Gasteiger partial charge in [0.15, 0.2) is 0 Å². The van der Waals surface area contributed by atoms with E-state index in [9.17, 15) is 19.5 Å². The number of nitrogens with zero attached hydrogens (tertiary/aromatic N) is 3. The zero-order valence-corrected chi connectivity index (χ0v) is 23.4. The summed E-state index contributed by atoms with van der Waals surface area (Å²) >= 11 is 6.59. The second-order valence-corrected chi connectivity index (χ2v) is 11.2. The zero-order valence-electron chi connectivity index (χ0n) is 22.7. The number of para-hydroxylation sites is 1. The van der Waals surface area contributed by atoms with E-state index in [0.29, 0.717) is 36.5 Å². The van der Waals surface area contributed by atoms with Gasteiger partial charge in [-0.2, -0.15) is 0 Å². The van der Waals surface area contributed by atoms with Gasteiger partial charge in [0.2, 0.25) is 11.8 Å². The van der Waals surface area contributed by atoms with Crippen LogP contribution in [-0.4, -0.2) is 82.7 Å². The highest BCUT2D eigenvalue weighted by molar-refractivity contribution is 6.34. The van der Waals surface area contributed by atoms with Crippen molar-refractivity contribution in [1.29, 1.82) is 0 Å². The third kappa shape index (κ3) is 4.00. The minimum absolute atomic E-state index is 0.166. The SMILES string of the molecule is C=CCN(C)C(=O)[C@@H]1[C@H]2C(=O)N([C@H](C)CO)C(C(=O)N(CC=C)c3c(C)cccc3Cl)C23CC[C@@]1(CC)O3. The number of aryl methyl sites for hydroxylation is 1. The lowest BCUT2D eigenvalue weighted by Gasteiger charge is -2.39. The predicted octanol–water partition coefficient (Wildman–Crippen LogP) is 3.35. The van der Waals surface area contributed by atoms with Crippen molar-refractivity contribution in [3.63, 3.8) is 0 Å². The van der Waals surface area contributed by atoms with Crippen molar-refractivity contribution in [2.24, 2.45) is 11.8 Å². The van der Waals surface area contributed by atoms with Gasteiger partial charge in [-0.1, -0.05) is 42.8 Å². The summed E-state index contributed by atoms with van der Waals surface area (Å²) in [5, 5.41) is 10.5. The fourth-order valence-corrected chi connectivity index (χ4v) is 7.25. The first kappa shape index (κ1) is 28.3. The van der Waals surface area contributed by atoms with Crippen molar-refractivity contribution in [2.45, 2.75) is 63.3 Å². The van der Waals surface area contributed by atoms with Crippen molar-refractivity contribution in [2.75, 3.05) is 31.6 Å². The number of aliphatic hydroxyl groups is 1. The van der Waals surface area contributed by atoms with Crippen LogP contribution in [0.1, 0.15) is 38.7 Å². The van der Waals surface area contributed by atoms with Gasteiger partial charge >= 0.3 is 0 Å². The molecule has 0 aliphatic carbocycles. The Labute approximate surface area is 229 Å².